The fraction of sp³-hybridized carbons (Fsp3) is 0.353. The molecule has 0 amide bonds. The Morgan fingerprint density at radius 1 is 1.29 bits per heavy atom. The van der Waals surface area contributed by atoms with Gasteiger partial charge in [0.2, 0.25) is 0 Å². The first-order valence-electron chi connectivity index (χ1n) is 7.61. The molecule has 1 aliphatic rings. The molecule has 3 aromatic rings. The molecule has 4 heteroatoms. The van der Waals surface area contributed by atoms with Gasteiger partial charge < -0.3 is 9.88 Å². The van der Waals surface area contributed by atoms with E-state index < -0.39 is 0 Å². The molecular formula is C17H20N4. The van der Waals surface area contributed by atoms with Crippen LogP contribution in [0.2, 0.25) is 0 Å². The lowest BCUT2D eigenvalue weighted by Crippen LogP contribution is -2.17. The first-order chi connectivity index (χ1) is 10.3. The second-order valence-electron chi connectivity index (χ2n) is 6.14. The van der Waals surface area contributed by atoms with Gasteiger partial charge in [0.15, 0.2) is 0 Å². The summed E-state index contributed by atoms with van der Waals surface area (Å²) in [5, 5.41) is 11.7. The van der Waals surface area contributed by atoms with Gasteiger partial charge in [-0.25, -0.2) is 0 Å². The van der Waals surface area contributed by atoms with E-state index in [9.17, 15) is 0 Å². The topological polar surface area (TPSA) is 45.6 Å². The van der Waals surface area contributed by atoms with Crippen LogP contribution in [-0.2, 0) is 6.54 Å². The Labute approximate surface area is 124 Å². The maximum atomic E-state index is 4.02. The molecule has 2 aromatic heterocycles. The van der Waals surface area contributed by atoms with E-state index in [0.717, 1.165) is 24.6 Å². The van der Waals surface area contributed by atoms with Crippen LogP contribution in [0.1, 0.15) is 13.3 Å². The zero-order chi connectivity index (χ0) is 14.2. The van der Waals surface area contributed by atoms with E-state index in [2.05, 4.69) is 57.5 Å². The summed E-state index contributed by atoms with van der Waals surface area (Å²) >= 11 is 0. The van der Waals surface area contributed by atoms with Gasteiger partial charge in [0.05, 0.1) is 6.20 Å². The highest BCUT2D eigenvalue weighted by Crippen LogP contribution is 2.26. The number of nitrogens with one attached hydrogen (secondary N) is 2. The molecule has 2 atom stereocenters. The van der Waals surface area contributed by atoms with E-state index in [1.54, 1.807) is 0 Å². The Morgan fingerprint density at radius 2 is 2.24 bits per heavy atom. The Morgan fingerprint density at radius 3 is 3.00 bits per heavy atom. The number of hydrogen-bond donors (Lipinski definition) is 2. The van der Waals surface area contributed by atoms with Crippen LogP contribution >= 0.6 is 0 Å². The molecule has 4 rings (SSSR count). The summed E-state index contributed by atoms with van der Waals surface area (Å²) in [5.41, 5.74) is 3.67. The molecule has 0 radical (unpaired) electrons. The number of H-pyrrole nitrogens is 1. The maximum Gasteiger partial charge on any atom is 0.0565 e. The molecule has 0 bridgehead atoms. The lowest BCUT2D eigenvalue weighted by atomic mass is 10.1. The van der Waals surface area contributed by atoms with Crippen molar-refractivity contribution in [3.8, 4) is 11.1 Å². The monoisotopic (exact) mass is 280 g/mol. The van der Waals surface area contributed by atoms with Crippen LogP contribution in [0.3, 0.4) is 0 Å². The fourth-order valence-electron chi connectivity index (χ4n) is 3.40. The van der Waals surface area contributed by atoms with Crippen LogP contribution in [0, 0.1) is 5.92 Å². The van der Waals surface area contributed by atoms with Crippen LogP contribution in [0.25, 0.3) is 22.0 Å². The van der Waals surface area contributed by atoms with Gasteiger partial charge in [-0.1, -0.05) is 6.07 Å². The lowest BCUT2D eigenvalue weighted by molar-refractivity contribution is 0.483. The SMILES string of the molecule is CC1CC(Cn2ccc3cc(-c4cn[nH]c4)ccc32)CN1. The van der Waals surface area contributed by atoms with E-state index in [1.165, 1.54) is 22.9 Å². The standard InChI is InChI=1S/C17H20N4/c1-12-6-13(8-18-12)11-21-5-4-15-7-14(2-3-17(15)21)16-9-19-20-10-16/h2-5,7,9-10,12-13,18H,6,8,11H2,1H3,(H,19,20). The van der Waals surface area contributed by atoms with Crippen LogP contribution in [0.5, 0.6) is 0 Å². The molecule has 0 aliphatic carbocycles. The van der Waals surface area contributed by atoms with Gasteiger partial charge in [0, 0.05) is 41.4 Å². The zero-order valence-electron chi connectivity index (χ0n) is 12.2. The summed E-state index contributed by atoms with van der Waals surface area (Å²) in [6.07, 6.45) is 7.28. The number of aromatic amines is 1. The van der Waals surface area contributed by atoms with Gasteiger partial charge in [0.25, 0.3) is 0 Å². The third-order valence-electron chi connectivity index (χ3n) is 4.50. The van der Waals surface area contributed by atoms with Crippen LogP contribution in [0.15, 0.2) is 42.9 Å². The average molecular weight is 280 g/mol. The van der Waals surface area contributed by atoms with E-state index >= 15 is 0 Å². The predicted molar refractivity (Wildman–Crippen MR) is 85.1 cm³/mol. The minimum Gasteiger partial charge on any atom is -0.347 e. The van der Waals surface area contributed by atoms with Crippen molar-refractivity contribution in [3.05, 3.63) is 42.9 Å². The molecule has 0 spiro atoms. The van der Waals surface area contributed by atoms with Crippen molar-refractivity contribution < 1.29 is 0 Å². The Hall–Kier alpha value is -2.07. The summed E-state index contributed by atoms with van der Waals surface area (Å²) in [6.45, 7) is 4.50. The molecule has 1 fully saturated rings. The van der Waals surface area contributed by atoms with Crippen LogP contribution in [0.4, 0.5) is 0 Å². The minimum atomic E-state index is 0.657. The van der Waals surface area contributed by atoms with Crippen molar-refractivity contribution in [2.75, 3.05) is 6.54 Å². The summed E-state index contributed by atoms with van der Waals surface area (Å²) in [7, 11) is 0. The zero-order valence-corrected chi connectivity index (χ0v) is 12.2. The molecular weight excluding hydrogens is 260 g/mol. The number of hydrogen-bond acceptors (Lipinski definition) is 2. The van der Waals surface area contributed by atoms with E-state index in [-0.39, 0.29) is 0 Å². The van der Waals surface area contributed by atoms with Gasteiger partial charge in [-0.15, -0.1) is 0 Å². The highest BCUT2D eigenvalue weighted by molar-refractivity contribution is 5.85. The Balaban J connectivity index is 1.63. The van der Waals surface area contributed by atoms with Crippen LogP contribution in [-0.4, -0.2) is 27.4 Å². The smallest absolute Gasteiger partial charge is 0.0565 e. The first kappa shape index (κ1) is 12.7. The summed E-state index contributed by atoms with van der Waals surface area (Å²) in [6, 6.07) is 9.52. The second kappa shape index (κ2) is 5.04. The van der Waals surface area contributed by atoms with Gasteiger partial charge in [-0.3, -0.25) is 5.10 Å². The largest absolute Gasteiger partial charge is 0.347 e. The minimum absolute atomic E-state index is 0.657. The van der Waals surface area contributed by atoms with Crippen molar-refractivity contribution in [1.82, 2.24) is 20.1 Å². The lowest BCUT2D eigenvalue weighted by Gasteiger charge is -2.11. The van der Waals surface area contributed by atoms with Crippen molar-refractivity contribution >= 4 is 10.9 Å². The second-order valence-corrected chi connectivity index (χ2v) is 6.14. The predicted octanol–water partition coefficient (Wildman–Crippen LogP) is 3.03. The molecule has 1 aromatic carbocycles. The molecule has 108 valence electrons. The number of aromatic nitrogens is 3. The fourth-order valence-corrected chi connectivity index (χ4v) is 3.40. The molecule has 4 nitrogen and oxygen atoms in total. The third-order valence-corrected chi connectivity index (χ3v) is 4.50. The quantitative estimate of drug-likeness (QED) is 0.774. The summed E-state index contributed by atoms with van der Waals surface area (Å²) in [4.78, 5) is 0. The van der Waals surface area contributed by atoms with E-state index in [0.29, 0.717) is 6.04 Å². The molecule has 0 saturated carbocycles. The van der Waals surface area contributed by atoms with Crippen molar-refractivity contribution in [3.63, 3.8) is 0 Å². The third kappa shape index (κ3) is 2.36. The van der Waals surface area contributed by atoms with Crippen molar-refractivity contribution in [1.29, 1.82) is 0 Å². The van der Waals surface area contributed by atoms with E-state index in [1.807, 2.05) is 12.4 Å². The van der Waals surface area contributed by atoms with Gasteiger partial charge >= 0.3 is 0 Å². The molecule has 2 unspecified atom stereocenters. The molecule has 21 heavy (non-hydrogen) atoms. The Bertz CT molecular complexity index is 741. The van der Waals surface area contributed by atoms with Gasteiger partial charge in [-0.05, 0) is 49.6 Å². The molecule has 1 saturated heterocycles. The first-order valence-corrected chi connectivity index (χ1v) is 7.61. The number of benzene rings is 1. The summed E-state index contributed by atoms with van der Waals surface area (Å²) in [5.74, 6) is 0.740. The van der Waals surface area contributed by atoms with Gasteiger partial charge in [-0.2, -0.15) is 5.10 Å². The number of fused-ring (bicyclic) bond motifs is 1. The average Bonchev–Trinajstić information content (AvgIpc) is 3.21. The molecule has 1 aliphatic heterocycles. The van der Waals surface area contributed by atoms with Crippen LogP contribution < -0.4 is 5.32 Å². The Kier molecular flexibility index (Phi) is 3.04. The number of rotatable bonds is 3. The maximum absolute atomic E-state index is 4.02. The summed E-state index contributed by atoms with van der Waals surface area (Å²) < 4.78 is 2.39. The highest BCUT2D eigenvalue weighted by Gasteiger charge is 2.21. The van der Waals surface area contributed by atoms with Crippen molar-refractivity contribution in [2.45, 2.75) is 25.9 Å². The number of nitrogens with zero attached hydrogens (tertiary/aromatic N) is 2. The van der Waals surface area contributed by atoms with Gasteiger partial charge in [0.1, 0.15) is 0 Å². The van der Waals surface area contributed by atoms with Crippen molar-refractivity contribution in [2.24, 2.45) is 5.92 Å². The van der Waals surface area contributed by atoms with E-state index in [4.69, 9.17) is 0 Å². The molecule has 2 N–H and O–H groups in total. The normalized spacial score (nSPS) is 22.1. The molecule has 3 heterocycles. The highest BCUT2D eigenvalue weighted by atomic mass is 15.1.